The number of hydrogen-bond acceptors (Lipinski definition) is 7. The number of benzene rings is 1. The lowest BCUT2D eigenvalue weighted by atomic mass is 9.55. The standard InChI is InChI=1S/C35H49F6NO5S2/c1-33-15-13-27-26-10-8-25(47-32(44)42(16-4-2-3-5-17-43)24-14-20-48-49-22-24)21-23(26)7-9-28(27)29(33)11-12-30(33)45-18-6-19-46-31(34(36,37)38)35(39,40)41/h8,10,21,24,27-31,43H,2-7,9,11-20,22H2,1H3/t24?,27?,28-,29?,30+,33+/m1/s1. The number of halogens is 6. The Labute approximate surface area is 293 Å². The Kier molecular flexibility index (Phi) is 13.5. The van der Waals surface area contributed by atoms with Crippen LogP contribution < -0.4 is 4.74 Å². The number of alkyl halides is 6. The molecule has 1 aliphatic heterocycles. The molecule has 1 aromatic carbocycles. The van der Waals surface area contributed by atoms with E-state index in [4.69, 9.17) is 14.6 Å². The molecule has 3 aliphatic carbocycles. The molecule has 0 aromatic heterocycles. The monoisotopic (exact) mass is 741 g/mol. The summed E-state index contributed by atoms with van der Waals surface area (Å²) >= 11 is 0. The van der Waals surface area contributed by atoms with Gasteiger partial charge in [0, 0.05) is 43.9 Å². The van der Waals surface area contributed by atoms with Crippen LogP contribution in [0, 0.1) is 17.3 Å². The second-order valence-corrected chi connectivity index (χ2v) is 16.8. The third-order valence-corrected chi connectivity index (χ3v) is 13.7. The Morgan fingerprint density at radius 2 is 1.76 bits per heavy atom. The zero-order chi connectivity index (χ0) is 35.2. The first kappa shape index (κ1) is 38.9. The van der Waals surface area contributed by atoms with E-state index >= 15 is 0 Å². The van der Waals surface area contributed by atoms with Gasteiger partial charge >= 0.3 is 18.4 Å². The molecule has 3 unspecified atom stereocenters. The highest BCUT2D eigenvalue weighted by Gasteiger charge is 2.58. The van der Waals surface area contributed by atoms with Crippen molar-refractivity contribution in [2.45, 2.75) is 120 Å². The van der Waals surface area contributed by atoms with Crippen LogP contribution in [0.25, 0.3) is 0 Å². The van der Waals surface area contributed by atoms with Gasteiger partial charge in [-0.3, -0.25) is 0 Å². The minimum Gasteiger partial charge on any atom is -0.410 e. The minimum absolute atomic E-state index is 0.0483. The van der Waals surface area contributed by atoms with Gasteiger partial charge in [-0.1, -0.05) is 47.4 Å². The van der Waals surface area contributed by atoms with Crippen molar-refractivity contribution in [2.24, 2.45) is 17.3 Å². The number of hydrogen-bond donors (Lipinski definition) is 1. The molecule has 1 amide bonds. The molecule has 6 atom stereocenters. The molecule has 278 valence electrons. The minimum atomic E-state index is -5.51. The van der Waals surface area contributed by atoms with Crippen molar-refractivity contribution in [3.8, 4) is 5.75 Å². The van der Waals surface area contributed by atoms with Crippen LogP contribution in [0.1, 0.15) is 94.6 Å². The number of ether oxygens (including phenoxy) is 3. The molecule has 5 rings (SSSR count). The zero-order valence-electron chi connectivity index (χ0n) is 28.0. The second-order valence-electron chi connectivity index (χ2n) is 14.2. The van der Waals surface area contributed by atoms with Gasteiger partial charge in [-0.2, -0.15) is 26.3 Å². The van der Waals surface area contributed by atoms with Gasteiger partial charge in [-0.15, -0.1) is 0 Å². The Morgan fingerprint density at radius 1 is 0.980 bits per heavy atom. The fourth-order valence-corrected chi connectivity index (χ4v) is 11.2. The third kappa shape index (κ3) is 9.56. The molecular formula is C35H49F6NO5S2. The Hall–Kier alpha value is -1.35. The Bertz CT molecular complexity index is 1220. The second kappa shape index (κ2) is 17.0. The van der Waals surface area contributed by atoms with Crippen molar-refractivity contribution in [2.75, 3.05) is 37.9 Å². The van der Waals surface area contributed by atoms with Crippen LogP contribution in [0.15, 0.2) is 18.2 Å². The van der Waals surface area contributed by atoms with Crippen molar-refractivity contribution in [3.05, 3.63) is 29.3 Å². The fourth-order valence-electron chi connectivity index (χ4n) is 8.74. The molecule has 3 fully saturated rings. The quantitative estimate of drug-likeness (QED) is 0.116. The van der Waals surface area contributed by atoms with E-state index in [1.54, 1.807) is 10.8 Å². The maximum absolute atomic E-state index is 13.5. The zero-order valence-corrected chi connectivity index (χ0v) is 29.7. The third-order valence-electron chi connectivity index (χ3n) is 11.2. The molecule has 14 heteroatoms. The molecule has 2 saturated carbocycles. The molecule has 0 bridgehead atoms. The van der Waals surface area contributed by atoms with E-state index in [9.17, 15) is 31.1 Å². The molecule has 1 saturated heterocycles. The normalized spacial score (nSPS) is 28.6. The summed E-state index contributed by atoms with van der Waals surface area (Å²) < 4.78 is 92.9. The predicted octanol–water partition coefficient (Wildman–Crippen LogP) is 9.34. The van der Waals surface area contributed by atoms with Crippen molar-refractivity contribution < 1.29 is 50.5 Å². The molecule has 0 radical (unpaired) electrons. The van der Waals surface area contributed by atoms with Gasteiger partial charge in [0.2, 0.25) is 6.10 Å². The van der Waals surface area contributed by atoms with Crippen molar-refractivity contribution in [3.63, 3.8) is 0 Å². The molecule has 0 spiro atoms. The lowest BCUT2D eigenvalue weighted by molar-refractivity contribution is -0.322. The van der Waals surface area contributed by atoms with E-state index in [1.807, 2.05) is 27.8 Å². The number of carbonyl (C=O) groups excluding carboxylic acids is 1. The highest BCUT2D eigenvalue weighted by atomic mass is 33.1. The van der Waals surface area contributed by atoms with Crippen LogP contribution in [-0.2, 0) is 15.9 Å². The maximum Gasteiger partial charge on any atom is 0.423 e. The van der Waals surface area contributed by atoms with E-state index < -0.39 is 25.1 Å². The van der Waals surface area contributed by atoms with Gasteiger partial charge in [-0.05, 0) is 111 Å². The van der Waals surface area contributed by atoms with E-state index in [1.165, 1.54) is 11.1 Å². The summed E-state index contributed by atoms with van der Waals surface area (Å²) in [6, 6.07) is 6.23. The number of carbonyl (C=O) groups is 1. The number of rotatable bonds is 14. The summed E-state index contributed by atoms with van der Waals surface area (Å²) in [5.74, 6) is 3.71. The lowest BCUT2D eigenvalue weighted by Gasteiger charge is -2.50. The van der Waals surface area contributed by atoms with E-state index in [2.05, 4.69) is 17.7 Å². The van der Waals surface area contributed by atoms with Gasteiger partial charge in [0.1, 0.15) is 5.75 Å². The molecule has 1 heterocycles. The molecule has 1 aromatic rings. The summed E-state index contributed by atoms with van der Waals surface area (Å²) in [6.45, 7) is 2.42. The summed E-state index contributed by atoms with van der Waals surface area (Å²) in [5, 5.41) is 9.08. The number of fused-ring (bicyclic) bond motifs is 5. The number of aryl methyl sites for hydroxylation is 1. The number of nitrogens with zero attached hydrogens (tertiary/aromatic N) is 1. The molecule has 4 aliphatic rings. The average Bonchev–Trinajstić information content (AvgIpc) is 3.39. The Balaban J connectivity index is 1.15. The number of aliphatic hydroxyl groups is 1. The fraction of sp³-hybridized carbons (Fsp3) is 0.800. The summed E-state index contributed by atoms with van der Waals surface area (Å²) in [7, 11) is 3.64. The first-order valence-corrected chi connectivity index (χ1v) is 20.1. The van der Waals surface area contributed by atoms with Crippen LogP contribution in [0.4, 0.5) is 31.1 Å². The summed E-state index contributed by atoms with van der Waals surface area (Å²) in [5.41, 5.74) is 2.43. The smallest absolute Gasteiger partial charge is 0.410 e. The summed E-state index contributed by atoms with van der Waals surface area (Å²) in [6.07, 6.45) is -5.20. The highest BCUT2D eigenvalue weighted by Crippen LogP contribution is 2.61. The highest BCUT2D eigenvalue weighted by molar-refractivity contribution is 8.76. The molecule has 1 N–H and O–H groups in total. The van der Waals surface area contributed by atoms with E-state index in [-0.39, 0.29) is 43.3 Å². The predicted molar refractivity (Wildman–Crippen MR) is 179 cm³/mol. The van der Waals surface area contributed by atoms with Gasteiger partial charge in [0.25, 0.3) is 0 Å². The first-order chi connectivity index (χ1) is 23.3. The van der Waals surface area contributed by atoms with Gasteiger partial charge in [0.05, 0.1) is 6.10 Å². The van der Waals surface area contributed by atoms with Crippen molar-refractivity contribution in [1.82, 2.24) is 4.90 Å². The summed E-state index contributed by atoms with van der Waals surface area (Å²) in [4.78, 5) is 15.4. The van der Waals surface area contributed by atoms with E-state index in [0.717, 1.165) is 82.1 Å². The van der Waals surface area contributed by atoms with Crippen molar-refractivity contribution in [1.29, 1.82) is 0 Å². The van der Waals surface area contributed by atoms with Gasteiger partial charge in [-0.25, -0.2) is 4.79 Å². The van der Waals surface area contributed by atoms with Crippen molar-refractivity contribution >= 4 is 27.7 Å². The molecule has 6 nitrogen and oxygen atoms in total. The number of unbranched alkanes of at least 4 members (excludes halogenated alkanes) is 3. The van der Waals surface area contributed by atoms with Crippen LogP contribution in [0.2, 0.25) is 0 Å². The first-order valence-electron chi connectivity index (χ1n) is 17.7. The number of aliphatic hydroxyl groups excluding tert-OH is 1. The van der Waals surface area contributed by atoms with E-state index in [0.29, 0.717) is 30.0 Å². The van der Waals surface area contributed by atoms with Crippen LogP contribution >= 0.6 is 21.6 Å². The van der Waals surface area contributed by atoms with Gasteiger partial charge in [0.15, 0.2) is 0 Å². The maximum atomic E-state index is 13.5. The largest absolute Gasteiger partial charge is 0.423 e. The van der Waals surface area contributed by atoms with Gasteiger partial charge < -0.3 is 24.2 Å². The molecule has 49 heavy (non-hydrogen) atoms. The Morgan fingerprint density at radius 3 is 2.47 bits per heavy atom. The molecular weight excluding hydrogens is 693 g/mol. The SMILES string of the molecule is C[C@]12CCC3c4ccc(OC(=O)N(CCCCCCO)C5CCSSC5)cc4CC[C@H]3C1CC[C@@H]2OCCCOC(C(F)(F)F)C(F)(F)F. The number of amides is 1. The topological polar surface area (TPSA) is 68.2 Å². The van der Waals surface area contributed by atoms with Crippen LogP contribution in [0.5, 0.6) is 5.75 Å². The average molecular weight is 742 g/mol. The van der Waals surface area contributed by atoms with Crippen LogP contribution in [-0.4, -0.2) is 84.6 Å². The van der Waals surface area contributed by atoms with Crippen LogP contribution in [0.3, 0.4) is 0 Å². The lowest BCUT2D eigenvalue weighted by Crippen LogP contribution is -2.45.